The molecule has 1 amide bonds. The van der Waals surface area contributed by atoms with E-state index in [1.54, 1.807) is 5.43 Å². The average Bonchev–Trinajstić information content (AvgIpc) is 3.17. The van der Waals surface area contributed by atoms with Crippen molar-refractivity contribution >= 4 is 36.5 Å². The lowest BCUT2D eigenvalue weighted by Gasteiger charge is -2.64. The Morgan fingerprint density at radius 2 is 2.00 bits per heavy atom. The van der Waals surface area contributed by atoms with Crippen molar-refractivity contribution < 1.29 is 23.9 Å². The molecule has 0 spiro atoms. The van der Waals surface area contributed by atoms with E-state index in [1.807, 2.05) is 6.26 Å². The molecule has 0 aromatic rings. The van der Waals surface area contributed by atoms with Crippen LogP contribution in [0.15, 0.2) is 4.99 Å². The second kappa shape index (κ2) is 12.5. The van der Waals surface area contributed by atoms with E-state index in [-0.39, 0.29) is 53.7 Å². The van der Waals surface area contributed by atoms with E-state index < -0.39 is 18.1 Å². The average molecular weight is 554 g/mol. The first-order chi connectivity index (χ1) is 17.8. The van der Waals surface area contributed by atoms with Crippen LogP contribution in [0.2, 0.25) is 0 Å². The molecule has 6 atom stereocenters. The number of hydrazine groups is 1. The molecule has 0 aromatic heterocycles. The van der Waals surface area contributed by atoms with Gasteiger partial charge >= 0.3 is 7.12 Å². The van der Waals surface area contributed by atoms with E-state index in [4.69, 9.17) is 15.0 Å². The molecule has 3 saturated carbocycles. The van der Waals surface area contributed by atoms with Crippen molar-refractivity contribution in [2.75, 3.05) is 18.6 Å². The topological polar surface area (TPSA) is 158 Å². The highest BCUT2D eigenvalue weighted by Crippen LogP contribution is 2.65. The molecule has 4 fully saturated rings. The Labute approximate surface area is 230 Å². The number of thioether (sulfide) groups is 1. The fourth-order valence-corrected chi connectivity index (χ4v) is 7.04. The lowest BCUT2D eigenvalue weighted by molar-refractivity contribution is -0.525. The summed E-state index contributed by atoms with van der Waals surface area (Å²) in [4.78, 5) is 40.4. The second-order valence-corrected chi connectivity index (χ2v) is 13.1. The number of nitro groups is 1. The number of ketones is 1. The first-order valence-electron chi connectivity index (χ1n) is 13.6. The molecular weight excluding hydrogens is 509 g/mol. The third kappa shape index (κ3) is 7.01. The van der Waals surface area contributed by atoms with Gasteiger partial charge in [-0.05, 0) is 68.5 Å². The molecule has 214 valence electrons. The zero-order chi connectivity index (χ0) is 28.3. The van der Waals surface area contributed by atoms with E-state index in [1.165, 1.54) is 11.8 Å². The summed E-state index contributed by atoms with van der Waals surface area (Å²) in [6.07, 6.45) is 5.67. The number of hydrogen-bond acceptors (Lipinski definition) is 8. The Kier molecular flexibility index (Phi) is 10.1. The maximum absolute atomic E-state index is 13.5. The first-order valence-corrected chi connectivity index (χ1v) is 15.0. The minimum atomic E-state index is -0.779. The lowest BCUT2D eigenvalue weighted by atomic mass is 9.43. The van der Waals surface area contributed by atoms with Gasteiger partial charge in [-0.3, -0.25) is 9.59 Å². The predicted molar refractivity (Wildman–Crippen MR) is 149 cm³/mol. The Morgan fingerprint density at radius 3 is 2.61 bits per heavy atom. The van der Waals surface area contributed by atoms with Crippen molar-refractivity contribution in [1.82, 2.24) is 10.7 Å². The molecule has 4 rings (SSSR count). The predicted octanol–water partition coefficient (Wildman–Crippen LogP) is 2.60. The van der Waals surface area contributed by atoms with Crippen LogP contribution in [0.1, 0.15) is 73.1 Å². The van der Waals surface area contributed by atoms with E-state index in [2.05, 4.69) is 44.9 Å². The largest absolute Gasteiger partial charge is 0.481 e. The number of hydrogen-bond donors (Lipinski definition) is 3. The van der Waals surface area contributed by atoms with Crippen LogP contribution in [0.3, 0.4) is 0 Å². The molecule has 0 radical (unpaired) electrons. The van der Waals surface area contributed by atoms with Crippen LogP contribution in [0, 0.1) is 39.2 Å². The monoisotopic (exact) mass is 553 g/mol. The van der Waals surface area contributed by atoms with Crippen LogP contribution in [-0.4, -0.2) is 66.0 Å². The fourth-order valence-electron chi connectivity index (χ4n) is 6.60. The molecule has 1 heterocycles. The van der Waals surface area contributed by atoms with Gasteiger partial charge in [-0.2, -0.15) is 11.8 Å². The summed E-state index contributed by atoms with van der Waals surface area (Å²) in [6.45, 7) is 11.2. The molecule has 1 aliphatic heterocycles. The van der Waals surface area contributed by atoms with Crippen molar-refractivity contribution in [3.8, 4) is 0 Å². The van der Waals surface area contributed by atoms with Gasteiger partial charge in [0.25, 0.3) is 5.96 Å². The molecule has 2 bridgehead atoms. The zero-order valence-corrected chi connectivity index (χ0v) is 24.3. The van der Waals surface area contributed by atoms with Crippen LogP contribution in [-0.2, 0) is 18.9 Å². The minimum Gasteiger partial charge on any atom is -0.404 e. The number of rotatable bonds is 14. The summed E-state index contributed by atoms with van der Waals surface area (Å²) in [5, 5.41) is 12.9. The standard InChI is InChI=1S/C25H44BN5O6S/c1-15(2)10-21(26-36-20-13-17-12-19(24(17,3)4)25(20,5)37-26)29-22(33)16(11-18(32)14-38-6)8-7-9-28-23(27)30-31(34)35/h15-17,19-21H,7-14H2,1-6H3,(H,29,33)(H3,27,28,30)/t16-,17+,19+,20-,21+,25+/m1/s1. The Bertz CT molecular complexity index is 921. The summed E-state index contributed by atoms with van der Waals surface area (Å²) < 4.78 is 13.1. The van der Waals surface area contributed by atoms with Gasteiger partial charge in [-0.1, -0.05) is 33.1 Å². The van der Waals surface area contributed by atoms with Crippen molar-refractivity contribution in [2.24, 2.45) is 39.8 Å². The van der Waals surface area contributed by atoms with Gasteiger partial charge in [0.1, 0.15) is 5.78 Å². The molecule has 0 aromatic carbocycles. The fraction of sp³-hybridized carbons (Fsp3) is 0.880. The normalized spacial score (nSPS) is 29.3. The summed E-state index contributed by atoms with van der Waals surface area (Å²) in [5.41, 5.74) is 7.13. The van der Waals surface area contributed by atoms with Crippen LogP contribution in [0.4, 0.5) is 0 Å². The smallest absolute Gasteiger partial charge is 0.404 e. The Hall–Kier alpha value is -1.86. The highest BCUT2D eigenvalue weighted by molar-refractivity contribution is 7.99. The van der Waals surface area contributed by atoms with Gasteiger partial charge in [-0.25, -0.2) is 15.1 Å². The van der Waals surface area contributed by atoms with Crippen molar-refractivity contribution in [2.45, 2.75) is 90.8 Å². The van der Waals surface area contributed by atoms with Crippen LogP contribution < -0.4 is 16.5 Å². The summed E-state index contributed by atoms with van der Waals surface area (Å²) in [7, 11) is -0.536. The molecule has 4 N–H and O–H groups in total. The maximum atomic E-state index is 13.5. The molecule has 0 unspecified atom stereocenters. The third-order valence-corrected chi connectivity index (χ3v) is 9.31. The van der Waals surface area contributed by atoms with Crippen molar-refractivity contribution in [1.29, 1.82) is 0 Å². The first kappa shape index (κ1) is 30.7. The Balaban J connectivity index is 1.67. The van der Waals surface area contributed by atoms with Gasteiger partial charge < -0.3 is 20.4 Å². The van der Waals surface area contributed by atoms with E-state index >= 15 is 0 Å². The number of nitrogens with two attached hydrogens (primary N) is 1. The van der Waals surface area contributed by atoms with E-state index in [0.29, 0.717) is 42.8 Å². The molecule has 11 nitrogen and oxygen atoms in total. The number of aliphatic imine (C=N–C) groups is 1. The Morgan fingerprint density at radius 1 is 1.29 bits per heavy atom. The SMILES string of the molecule is CSCC(=O)C[C@@H](CCCN=C(N)N[N+](=O)[O-])C(=O)N[C@@H](CC(C)C)B1O[C@@H]2C[C@@H]3C[C@@H](C3(C)C)[C@]2(C)O1. The number of guanidine groups is 1. The molecule has 4 aliphatic rings. The summed E-state index contributed by atoms with van der Waals surface area (Å²) in [5.74, 6) is 0.325. The van der Waals surface area contributed by atoms with Crippen LogP contribution >= 0.6 is 11.8 Å². The number of Topliss-reactive ketones (excluding diaryl/α,β-unsaturated/α-hetero) is 1. The minimum absolute atomic E-state index is 0.00463. The second-order valence-electron chi connectivity index (χ2n) is 12.2. The van der Waals surface area contributed by atoms with E-state index in [9.17, 15) is 19.7 Å². The quantitative estimate of drug-likeness (QED) is 0.0734. The summed E-state index contributed by atoms with van der Waals surface area (Å²) >= 11 is 1.43. The maximum Gasteiger partial charge on any atom is 0.481 e. The molecule has 38 heavy (non-hydrogen) atoms. The number of nitrogens with one attached hydrogen (secondary N) is 2. The van der Waals surface area contributed by atoms with Crippen molar-refractivity contribution in [3.63, 3.8) is 0 Å². The molecular formula is C25H44BN5O6S. The van der Waals surface area contributed by atoms with Gasteiger partial charge in [-0.15, -0.1) is 0 Å². The van der Waals surface area contributed by atoms with Gasteiger partial charge in [0.15, 0.2) is 5.03 Å². The number of carbonyl (C=O) groups excluding carboxylic acids is 2. The number of amides is 1. The highest BCUT2D eigenvalue weighted by Gasteiger charge is 2.68. The van der Waals surface area contributed by atoms with Gasteiger partial charge in [0.2, 0.25) is 5.91 Å². The van der Waals surface area contributed by atoms with Crippen LogP contribution in [0.25, 0.3) is 0 Å². The molecule has 1 saturated heterocycles. The third-order valence-electron chi connectivity index (χ3n) is 8.70. The van der Waals surface area contributed by atoms with Gasteiger partial charge in [0, 0.05) is 18.9 Å². The van der Waals surface area contributed by atoms with Crippen molar-refractivity contribution in [3.05, 3.63) is 10.1 Å². The molecule has 13 heteroatoms. The van der Waals surface area contributed by atoms with E-state index in [0.717, 1.165) is 12.8 Å². The number of nitrogens with zero attached hydrogens (tertiary/aromatic N) is 2. The van der Waals surface area contributed by atoms with Gasteiger partial charge in [0.05, 0.1) is 23.4 Å². The van der Waals surface area contributed by atoms with Crippen LogP contribution in [0.5, 0.6) is 0 Å². The highest BCUT2D eigenvalue weighted by atomic mass is 32.2. The number of carbonyl (C=O) groups is 2. The molecule has 3 aliphatic carbocycles. The zero-order valence-electron chi connectivity index (χ0n) is 23.5. The lowest BCUT2D eigenvalue weighted by Crippen LogP contribution is -2.65. The summed E-state index contributed by atoms with van der Waals surface area (Å²) in [6, 6.07) is 0.